The SMILES string of the molecule is CCOc1c(Cl)cc(C(=O)Nc2cccc(Cl)c2N2CCOCC2)cc1OC. The van der Waals surface area contributed by atoms with Gasteiger partial charge in [-0.2, -0.15) is 0 Å². The third kappa shape index (κ3) is 4.46. The van der Waals surface area contributed by atoms with Gasteiger partial charge in [-0.25, -0.2) is 0 Å². The van der Waals surface area contributed by atoms with Crippen molar-refractivity contribution in [3.05, 3.63) is 45.9 Å². The van der Waals surface area contributed by atoms with E-state index >= 15 is 0 Å². The van der Waals surface area contributed by atoms with Gasteiger partial charge in [0.2, 0.25) is 0 Å². The van der Waals surface area contributed by atoms with E-state index in [1.807, 2.05) is 13.0 Å². The lowest BCUT2D eigenvalue weighted by atomic mass is 10.1. The van der Waals surface area contributed by atoms with E-state index in [2.05, 4.69) is 10.2 Å². The monoisotopic (exact) mass is 424 g/mol. The Labute approximate surface area is 174 Å². The minimum atomic E-state index is -0.319. The highest BCUT2D eigenvalue weighted by atomic mass is 35.5. The van der Waals surface area contributed by atoms with Gasteiger partial charge in [0.1, 0.15) is 0 Å². The number of carbonyl (C=O) groups is 1. The Morgan fingerprint density at radius 1 is 1.21 bits per heavy atom. The van der Waals surface area contributed by atoms with E-state index in [0.29, 0.717) is 65.7 Å². The number of rotatable bonds is 6. The topological polar surface area (TPSA) is 60.0 Å². The molecule has 0 saturated carbocycles. The zero-order valence-electron chi connectivity index (χ0n) is 15.8. The molecule has 1 amide bonds. The van der Waals surface area contributed by atoms with E-state index in [1.54, 1.807) is 24.3 Å². The lowest BCUT2D eigenvalue weighted by molar-refractivity contribution is 0.102. The summed E-state index contributed by atoms with van der Waals surface area (Å²) in [6.07, 6.45) is 0. The van der Waals surface area contributed by atoms with Gasteiger partial charge in [-0.3, -0.25) is 4.79 Å². The number of morpholine rings is 1. The van der Waals surface area contributed by atoms with Crippen LogP contribution in [0.2, 0.25) is 10.0 Å². The van der Waals surface area contributed by atoms with E-state index in [9.17, 15) is 4.79 Å². The van der Waals surface area contributed by atoms with Crippen molar-refractivity contribution in [1.29, 1.82) is 0 Å². The van der Waals surface area contributed by atoms with Crippen molar-refractivity contribution in [2.24, 2.45) is 0 Å². The van der Waals surface area contributed by atoms with Crippen LogP contribution < -0.4 is 19.7 Å². The maximum atomic E-state index is 12.9. The lowest BCUT2D eigenvalue weighted by Gasteiger charge is -2.31. The minimum Gasteiger partial charge on any atom is -0.493 e. The number of benzene rings is 2. The number of halogens is 2. The summed E-state index contributed by atoms with van der Waals surface area (Å²) in [5.74, 6) is 0.499. The lowest BCUT2D eigenvalue weighted by Crippen LogP contribution is -2.37. The third-order valence-electron chi connectivity index (χ3n) is 4.34. The van der Waals surface area contributed by atoms with Gasteiger partial charge < -0.3 is 24.4 Å². The summed E-state index contributed by atoms with van der Waals surface area (Å²) in [7, 11) is 1.50. The first-order valence-electron chi connectivity index (χ1n) is 8.98. The second kappa shape index (κ2) is 9.37. The number of nitrogens with zero attached hydrogens (tertiary/aromatic N) is 1. The fourth-order valence-corrected chi connectivity index (χ4v) is 3.61. The summed E-state index contributed by atoms with van der Waals surface area (Å²) in [6.45, 7) is 4.93. The predicted octanol–water partition coefficient (Wildman–Crippen LogP) is 4.49. The van der Waals surface area contributed by atoms with E-state index in [-0.39, 0.29) is 5.91 Å². The van der Waals surface area contributed by atoms with Crippen LogP contribution in [-0.4, -0.2) is 45.9 Å². The van der Waals surface area contributed by atoms with Crippen LogP contribution in [0.1, 0.15) is 17.3 Å². The molecular weight excluding hydrogens is 403 g/mol. The molecule has 1 heterocycles. The number of hydrogen-bond donors (Lipinski definition) is 1. The fraction of sp³-hybridized carbons (Fsp3) is 0.350. The molecule has 0 spiro atoms. The first-order valence-corrected chi connectivity index (χ1v) is 9.73. The first kappa shape index (κ1) is 20.6. The van der Waals surface area contributed by atoms with E-state index in [0.717, 1.165) is 5.69 Å². The average Bonchev–Trinajstić information content (AvgIpc) is 2.70. The Balaban J connectivity index is 1.89. The molecule has 0 bridgehead atoms. The largest absolute Gasteiger partial charge is 0.493 e. The highest BCUT2D eigenvalue weighted by Crippen LogP contribution is 2.38. The van der Waals surface area contributed by atoms with Crippen molar-refractivity contribution >= 4 is 40.5 Å². The van der Waals surface area contributed by atoms with Gasteiger partial charge in [-0.15, -0.1) is 0 Å². The Morgan fingerprint density at radius 3 is 2.64 bits per heavy atom. The molecule has 8 heteroatoms. The van der Waals surface area contributed by atoms with Crippen molar-refractivity contribution in [1.82, 2.24) is 0 Å². The van der Waals surface area contributed by atoms with Crippen LogP contribution in [-0.2, 0) is 4.74 Å². The summed E-state index contributed by atoms with van der Waals surface area (Å²) in [5, 5.41) is 3.82. The molecule has 0 atom stereocenters. The quantitative estimate of drug-likeness (QED) is 0.739. The summed E-state index contributed by atoms with van der Waals surface area (Å²) >= 11 is 12.7. The Morgan fingerprint density at radius 2 is 1.96 bits per heavy atom. The number of anilines is 2. The standard InChI is InChI=1S/C20H22Cl2N2O4/c1-3-28-19-15(22)11-13(12-17(19)26-2)20(25)23-16-6-4-5-14(21)18(16)24-7-9-27-10-8-24/h4-6,11-12H,3,7-10H2,1-2H3,(H,23,25). The van der Waals surface area contributed by atoms with Crippen molar-refractivity contribution in [3.63, 3.8) is 0 Å². The van der Waals surface area contributed by atoms with Gasteiger partial charge in [0.25, 0.3) is 5.91 Å². The van der Waals surface area contributed by atoms with Crippen LogP contribution >= 0.6 is 23.2 Å². The smallest absolute Gasteiger partial charge is 0.255 e. The number of carbonyl (C=O) groups excluding carboxylic acids is 1. The normalized spacial score (nSPS) is 13.9. The van der Waals surface area contributed by atoms with Gasteiger partial charge in [0, 0.05) is 18.7 Å². The molecule has 2 aromatic carbocycles. The molecular formula is C20H22Cl2N2O4. The van der Waals surface area contributed by atoms with Crippen molar-refractivity contribution in [3.8, 4) is 11.5 Å². The second-order valence-corrected chi connectivity index (χ2v) is 6.93. The Kier molecular flexibility index (Phi) is 6.88. The highest BCUT2D eigenvalue weighted by molar-refractivity contribution is 6.34. The van der Waals surface area contributed by atoms with Gasteiger partial charge >= 0.3 is 0 Å². The highest BCUT2D eigenvalue weighted by Gasteiger charge is 2.21. The van der Waals surface area contributed by atoms with Gasteiger partial charge in [-0.05, 0) is 31.2 Å². The van der Waals surface area contributed by atoms with Gasteiger partial charge in [0.15, 0.2) is 11.5 Å². The Bertz CT molecular complexity index is 854. The molecule has 28 heavy (non-hydrogen) atoms. The number of amides is 1. The molecule has 1 N–H and O–H groups in total. The average molecular weight is 425 g/mol. The summed E-state index contributed by atoms with van der Waals surface area (Å²) < 4.78 is 16.2. The molecule has 1 fully saturated rings. The molecule has 6 nitrogen and oxygen atoms in total. The van der Waals surface area contributed by atoms with E-state index in [1.165, 1.54) is 7.11 Å². The minimum absolute atomic E-state index is 0.311. The zero-order chi connectivity index (χ0) is 20.1. The van der Waals surface area contributed by atoms with Crippen molar-refractivity contribution < 1.29 is 19.0 Å². The van der Waals surface area contributed by atoms with Crippen LogP contribution in [0.25, 0.3) is 0 Å². The summed E-state index contributed by atoms with van der Waals surface area (Å²) in [4.78, 5) is 15.0. The summed E-state index contributed by atoms with van der Waals surface area (Å²) in [5.41, 5.74) is 1.77. The zero-order valence-corrected chi connectivity index (χ0v) is 17.3. The van der Waals surface area contributed by atoms with Crippen molar-refractivity contribution in [2.75, 3.05) is 50.2 Å². The maximum absolute atomic E-state index is 12.9. The molecule has 2 aromatic rings. The summed E-state index contributed by atoms with van der Waals surface area (Å²) in [6, 6.07) is 8.59. The van der Waals surface area contributed by atoms with Gasteiger partial charge in [-0.1, -0.05) is 29.3 Å². The maximum Gasteiger partial charge on any atom is 0.255 e. The Hall–Kier alpha value is -2.15. The van der Waals surface area contributed by atoms with Crippen molar-refractivity contribution in [2.45, 2.75) is 6.92 Å². The molecule has 1 saturated heterocycles. The first-order chi connectivity index (χ1) is 13.5. The molecule has 3 rings (SSSR count). The van der Waals surface area contributed by atoms with Crippen LogP contribution in [0, 0.1) is 0 Å². The van der Waals surface area contributed by atoms with Crippen LogP contribution in [0.5, 0.6) is 11.5 Å². The molecule has 1 aliphatic rings. The molecule has 0 aliphatic carbocycles. The molecule has 1 aliphatic heterocycles. The molecule has 0 radical (unpaired) electrons. The number of para-hydroxylation sites is 1. The predicted molar refractivity (Wildman–Crippen MR) is 112 cm³/mol. The van der Waals surface area contributed by atoms with Crippen LogP contribution in [0.3, 0.4) is 0 Å². The van der Waals surface area contributed by atoms with Crippen LogP contribution in [0.15, 0.2) is 30.3 Å². The van der Waals surface area contributed by atoms with Gasteiger partial charge in [0.05, 0.1) is 48.4 Å². The fourth-order valence-electron chi connectivity index (χ4n) is 3.05. The number of nitrogens with one attached hydrogen (secondary N) is 1. The number of ether oxygens (including phenoxy) is 3. The van der Waals surface area contributed by atoms with E-state index < -0.39 is 0 Å². The third-order valence-corrected chi connectivity index (χ3v) is 4.93. The number of hydrogen-bond acceptors (Lipinski definition) is 5. The number of methoxy groups -OCH3 is 1. The molecule has 150 valence electrons. The van der Waals surface area contributed by atoms with Crippen LogP contribution in [0.4, 0.5) is 11.4 Å². The molecule has 0 unspecified atom stereocenters. The molecule has 0 aromatic heterocycles. The van der Waals surface area contributed by atoms with E-state index in [4.69, 9.17) is 37.4 Å². The second-order valence-electron chi connectivity index (χ2n) is 6.11.